The van der Waals surface area contributed by atoms with E-state index in [2.05, 4.69) is 0 Å². The van der Waals surface area contributed by atoms with E-state index in [1.807, 2.05) is 40.7 Å². The molecule has 2 bridgehead atoms. The van der Waals surface area contributed by atoms with Crippen LogP contribution in [0.5, 0.6) is 0 Å². The monoisotopic (exact) mass is 264 g/mol. The third-order valence-electron chi connectivity index (χ3n) is 4.13. The van der Waals surface area contributed by atoms with Crippen LogP contribution in [0.2, 0.25) is 0 Å². The summed E-state index contributed by atoms with van der Waals surface area (Å²) >= 11 is 0. The molecular formula is C16H24O3. The molecule has 1 fully saturated rings. The summed E-state index contributed by atoms with van der Waals surface area (Å²) in [5, 5.41) is 0. The number of esters is 1. The van der Waals surface area contributed by atoms with Crippen LogP contribution in [0.4, 0.5) is 0 Å². The molecule has 2 aliphatic carbocycles. The van der Waals surface area contributed by atoms with Gasteiger partial charge in [-0.1, -0.05) is 13.0 Å². The molecule has 0 aromatic carbocycles. The van der Waals surface area contributed by atoms with Gasteiger partial charge in [0.25, 0.3) is 0 Å². The van der Waals surface area contributed by atoms with Crippen molar-refractivity contribution in [3.8, 4) is 0 Å². The molecule has 0 aliphatic heterocycles. The largest absolute Gasteiger partial charge is 0.460 e. The molecule has 0 saturated heterocycles. The van der Waals surface area contributed by atoms with E-state index >= 15 is 0 Å². The highest BCUT2D eigenvalue weighted by atomic mass is 16.6. The van der Waals surface area contributed by atoms with Crippen molar-refractivity contribution in [2.24, 2.45) is 17.3 Å². The third kappa shape index (κ3) is 2.90. The fourth-order valence-corrected chi connectivity index (χ4v) is 3.52. The lowest BCUT2D eigenvalue weighted by atomic mass is 9.60. The molecule has 2 aliphatic rings. The fraction of sp³-hybridized carbons (Fsp3) is 0.750. The quantitative estimate of drug-likeness (QED) is 0.683. The summed E-state index contributed by atoms with van der Waals surface area (Å²) < 4.78 is 5.48. The van der Waals surface area contributed by atoms with Crippen molar-refractivity contribution < 1.29 is 14.3 Å². The average molecular weight is 264 g/mol. The van der Waals surface area contributed by atoms with E-state index in [0.717, 1.165) is 18.4 Å². The summed E-state index contributed by atoms with van der Waals surface area (Å²) in [4.78, 5) is 24.5. The van der Waals surface area contributed by atoms with Gasteiger partial charge in [0.15, 0.2) is 5.78 Å². The first-order valence-corrected chi connectivity index (χ1v) is 7.07. The number of ether oxygens (including phenoxy) is 1. The summed E-state index contributed by atoms with van der Waals surface area (Å²) in [5.41, 5.74) is 0.0327. The summed E-state index contributed by atoms with van der Waals surface area (Å²) in [6, 6.07) is 0. The maximum Gasteiger partial charge on any atom is 0.309 e. The molecule has 0 radical (unpaired) electrons. The van der Waals surface area contributed by atoms with E-state index in [0.29, 0.717) is 12.3 Å². The second kappa shape index (κ2) is 4.46. The van der Waals surface area contributed by atoms with Gasteiger partial charge in [0.2, 0.25) is 0 Å². The van der Waals surface area contributed by atoms with Crippen LogP contribution >= 0.6 is 0 Å². The molecule has 19 heavy (non-hydrogen) atoms. The van der Waals surface area contributed by atoms with Gasteiger partial charge >= 0.3 is 5.97 Å². The molecular weight excluding hydrogens is 240 g/mol. The Kier molecular flexibility index (Phi) is 3.36. The second-order valence-electron chi connectivity index (χ2n) is 7.37. The zero-order chi connectivity index (χ0) is 14.4. The average Bonchev–Trinajstić information content (AvgIpc) is 2.23. The molecule has 0 aromatic rings. The molecule has 0 aromatic heterocycles. The van der Waals surface area contributed by atoms with E-state index in [-0.39, 0.29) is 23.1 Å². The van der Waals surface area contributed by atoms with Gasteiger partial charge in [0, 0.05) is 5.41 Å². The van der Waals surface area contributed by atoms with Crippen LogP contribution in [0.3, 0.4) is 0 Å². The van der Waals surface area contributed by atoms with Crippen molar-refractivity contribution in [2.45, 2.75) is 59.5 Å². The van der Waals surface area contributed by atoms with E-state index < -0.39 is 5.60 Å². The molecule has 3 nitrogen and oxygen atoms in total. The molecule has 3 atom stereocenters. The molecule has 0 spiro atoms. The van der Waals surface area contributed by atoms with Crippen molar-refractivity contribution in [1.29, 1.82) is 0 Å². The summed E-state index contributed by atoms with van der Waals surface area (Å²) in [6.07, 6.45) is 4.36. The Morgan fingerprint density at radius 2 is 2.00 bits per heavy atom. The Bertz CT molecular complexity index is 441. The van der Waals surface area contributed by atoms with Crippen LogP contribution in [0.25, 0.3) is 0 Å². The van der Waals surface area contributed by atoms with E-state index in [1.54, 1.807) is 0 Å². The molecule has 0 amide bonds. The number of hydrogen-bond donors (Lipinski definition) is 0. The van der Waals surface area contributed by atoms with Gasteiger partial charge in [0.1, 0.15) is 5.60 Å². The zero-order valence-electron chi connectivity index (χ0n) is 12.6. The highest BCUT2D eigenvalue weighted by Crippen LogP contribution is 2.48. The maximum absolute atomic E-state index is 12.3. The SMILES string of the molecule is CC1=C[C@@H]2C[C@@H](C(=O)OC(C)(C)C)C[C@@](C)(C2)C1=O. The first kappa shape index (κ1) is 14.3. The van der Waals surface area contributed by atoms with Gasteiger partial charge in [-0.15, -0.1) is 0 Å². The topological polar surface area (TPSA) is 43.4 Å². The highest BCUT2D eigenvalue weighted by Gasteiger charge is 2.47. The highest BCUT2D eigenvalue weighted by molar-refractivity contribution is 6.00. The predicted molar refractivity (Wildman–Crippen MR) is 73.5 cm³/mol. The number of fused-ring (bicyclic) bond motifs is 2. The first-order valence-electron chi connectivity index (χ1n) is 7.07. The number of carbonyl (C=O) groups excluding carboxylic acids is 2. The van der Waals surface area contributed by atoms with Crippen molar-refractivity contribution in [1.82, 2.24) is 0 Å². The molecule has 106 valence electrons. The van der Waals surface area contributed by atoms with Crippen molar-refractivity contribution in [3.05, 3.63) is 11.6 Å². The summed E-state index contributed by atoms with van der Waals surface area (Å²) in [6.45, 7) is 9.53. The number of carbonyl (C=O) groups is 2. The Labute approximate surface area is 115 Å². The minimum atomic E-state index is -0.458. The molecule has 0 unspecified atom stereocenters. The van der Waals surface area contributed by atoms with Crippen LogP contribution in [-0.2, 0) is 14.3 Å². The van der Waals surface area contributed by atoms with Crippen LogP contribution in [0.15, 0.2) is 11.6 Å². The van der Waals surface area contributed by atoms with Crippen LogP contribution in [0, 0.1) is 17.3 Å². The van der Waals surface area contributed by atoms with Crippen LogP contribution < -0.4 is 0 Å². The molecule has 3 heteroatoms. The van der Waals surface area contributed by atoms with E-state index in [9.17, 15) is 9.59 Å². The van der Waals surface area contributed by atoms with Crippen molar-refractivity contribution in [2.75, 3.05) is 0 Å². The first-order chi connectivity index (χ1) is 8.61. The molecule has 2 rings (SSSR count). The van der Waals surface area contributed by atoms with Crippen molar-refractivity contribution in [3.63, 3.8) is 0 Å². The Morgan fingerprint density at radius 3 is 2.58 bits per heavy atom. The minimum absolute atomic E-state index is 0.142. The number of allylic oxidation sites excluding steroid dienone is 2. The van der Waals surface area contributed by atoms with E-state index in [1.165, 1.54) is 0 Å². The van der Waals surface area contributed by atoms with Crippen LogP contribution in [0.1, 0.15) is 53.9 Å². The van der Waals surface area contributed by atoms with E-state index in [4.69, 9.17) is 4.74 Å². The van der Waals surface area contributed by atoms with Crippen molar-refractivity contribution >= 4 is 11.8 Å². The van der Waals surface area contributed by atoms with Gasteiger partial charge in [-0.25, -0.2) is 0 Å². The van der Waals surface area contributed by atoms with Gasteiger partial charge in [-0.05, 0) is 58.4 Å². The number of ketones is 1. The summed E-state index contributed by atoms with van der Waals surface area (Å²) in [7, 11) is 0. The number of rotatable bonds is 1. The van der Waals surface area contributed by atoms with Gasteiger partial charge in [0.05, 0.1) is 5.92 Å². The molecule has 0 heterocycles. The lowest BCUT2D eigenvalue weighted by Crippen LogP contribution is -2.44. The normalized spacial score (nSPS) is 34.8. The summed E-state index contributed by atoms with van der Waals surface area (Å²) in [5.74, 6) is 0.256. The Balaban J connectivity index is 2.17. The third-order valence-corrected chi connectivity index (χ3v) is 4.13. The lowest BCUT2D eigenvalue weighted by molar-refractivity contribution is -0.163. The van der Waals surface area contributed by atoms with Gasteiger partial charge < -0.3 is 4.74 Å². The standard InChI is InChI=1S/C16H24O3/c1-10-6-11-7-12(14(18)19-15(2,3)4)9-16(5,8-11)13(10)17/h6,11-12H,7-9H2,1-5H3/t11-,12-,16-/m1/s1. The van der Waals surface area contributed by atoms with Gasteiger partial charge in [-0.2, -0.15) is 0 Å². The maximum atomic E-state index is 12.3. The predicted octanol–water partition coefficient (Wildman–Crippen LogP) is 3.28. The zero-order valence-corrected chi connectivity index (χ0v) is 12.6. The second-order valence-corrected chi connectivity index (χ2v) is 7.37. The lowest BCUT2D eigenvalue weighted by Gasteiger charge is -2.43. The number of hydrogen-bond acceptors (Lipinski definition) is 3. The minimum Gasteiger partial charge on any atom is -0.460 e. The van der Waals surface area contributed by atoms with Crippen LogP contribution in [-0.4, -0.2) is 17.4 Å². The Morgan fingerprint density at radius 1 is 1.37 bits per heavy atom. The molecule has 1 saturated carbocycles. The Hall–Kier alpha value is -1.12. The number of Topliss-reactive ketones (excluding diaryl/α,β-unsaturated/α-hetero) is 1. The smallest absolute Gasteiger partial charge is 0.309 e. The molecule has 0 N–H and O–H groups in total. The fourth-order valence-electron chi connectivity index (χ4n) is 3.52. The van der Waals surface area contributed by atoms with Gasteiger partial charge in [-0.3, -0.25) is 9.59 Å².